The largest absolute Gasteiger partial charge is 0.508 e. The number of rotatable bonds is 14. The van der Waals surface area contributed by atoms with Crippen LogP contribution < -0.4 is 10.6 Å². The van der Waals surface area contributed by atoms with Gasteiger partial charge in [-0.1, -0.05) is 48.4 Å². The van der Waals surface area contributed by atoms with Crippen molar-refractivity contribution in [2.45, 2.75) is 57.4 Å². The lowest BCUT2D eigenvalue weighted by Crippen LogP contribution is -2.33. The fourth-order valence-electron chi connectivity index (χ4n) is 4.39. The second-order valence-electron chi connectivity index (χ2n) is 10.8. The van der Waals surface area contributed by atoms with E-state index >= 15 is 0 Å². The molecule has 0 aromatic heterocycles. The maximum absolute atomic E-state index is 12.2. The highest BCUT2D eigenvalue weighted by molar-refractivity contribution is 8.07. The van der Waals surface area contributed by atoms with Crippen LogP contribution in [0.15, 0.2) is 42.5 Å². The minimum absolute atomic E-state index is 0.0784. The van der Waals surface area contributed by atoms with Crippen molar-refractivity contribution in [2.75, 3.05) is 20.3 Å². The SMILES string of the molecule is B[C@@H]1O[C@H](COC(=O)OCc2ccccc2)[C@H](OP(O)(=S)OC)C1C/C=C/CCCCNC(=S)NC#CC#CC#CC#CC#CC#CC#CC#CC#CC#CC. The number of hydrogen-bond acceptors (Lipinski definition) is 8. The molecule has 9 nitrogen and oxygen atoms in total. The van der Waals surface area contributed by atoms with Crippen molar-refractivity contribution >= 4 is 49.9 Å². The maximum Gasteiger partial charge on any atom is 0.508 e. The fourth-order valence-corrected chi connectivity index (χ4v) is 5.53. The van der Waals surface area contributed by atoms with E-state index < -0.39 is 25.1 Å². The number of nitrogens with one attached hydrogen (secondary N) is 2. The normalized spacial score (nSPS) is 16.3. The van der Waals surface area contributed by atoms with Gasteiger partial charge in [0.2, 0.25) is 0 Å². The highest BCUT2D eigenvalue weighted by atomic mass is 32.5. The van der Waals surface area contributed by atoms with Gasteiger partial charge in [0.15, 0.2) is 5.11 Å². The lowest BCUT2D eigenvalue weighted by molar-refractivity contribution is -0.0272. The molecule has 3 N–H and O–H groups in total. The molecule has 1 aliphatic rings. The molecule has 280 valence electrons. The summed E-state index contributed by atoms with van der Waals surface area (Å²) in [5.41, 5.74) is 0.833. The van der Waals surface area contributed by atoms with Gasteiger partial charge >= 0.3 is 12.9 Å². The lowest BCUT2D eigenvalue weighted by Gasteiger charge is -2.26. The number of ether oxygens (including phenoxy) is 3. The van der Waals surface area contributed by atoms with Gasteiger partial charge in [0.25, 0.3) is 0 Å². The molecule has 0 saturated carbocycles. The molecular weight excluding hydrogens is 762 g/mol. The van der Waals surface area contributed by atoms with Gasteiger partial charge in [-0.15, -0.1) is 0 Å². The molecule has 0 bridgehead atoms. The second kappa shape index (κ2) is 29.4. The van der Waals surface area contributed by atoms with Crippen LogP contribution in [0.3, 0.4) is 0 Å². The van der Waals surface area contributed by atoms with Crippen LogP contribution in [0.2, 0.25) is 0 Å². The highest BCUT2D eigenvalue weighted by Crippen LogP contribution is 2.48. The van der Waals surface area contributed by atoms with Crippen molar-refractivity contribution in [3.63, 3.8) is 0 Å². The number of carbonyl (C=O) groups excluding carboxylic acids is 1. The van der Waals surface area contributed by atoms with Crippen molar-refractivity contribution in [3.05, 3.63) is 48.0 Å². The zero-order chi connectivity index (χ0) is 40.5. The van der Waals surface area contributed by atoms with Crippen LogP contribution >= 0.6 is 18.9 Å². The molecule has 1 aromatic rings. The molecule has 0 spiro atoms. The summed E-state index contributed by atoms with van der Waals surface area (Å²) in [7, 11) is 3.19. The smallest absolute Gasteiger partial charge is 0.431 e. The van der Waals surface area contributed by atoms with Crippen LogP contribution in [-0.4, -0.2) is 62.5 Å². The molecule has 1 heterocycles. The predicted octanol–water partition coefficient (Wildman–Crippen LogP) is 3.15. The Hall–Kier alpha value is -5.93. The molecule has 5 atom stereocenters. The first-order chi connectivity index (χ1) is 27.3. The number of hydrogen-bond donors (Lipinski definition) is 3. The van der Waals surface area contributed by atoms with E-state index in [9.17, 15) is 9.69 Å². The Morgan fingerprint density at radius 1 is 0.875 bits per heavy atom. The van der Waals surface area contributed by atoms with Crippen molar-refractivity contribution < 1.29 is 32.9 Å². The molecule has 0 amide bonds. The van der Waals surface area contributed by atoms with E-state index in [0.29, 0.717) is 18.1 Å². The lowest BCUT2D eigenvalue weighted by atomic mass is 9.82. The van der Waals surface area contributed by atoms with E-state index in [4.69, 9.17) is 47.3 Å². The minimum atomic E-state index is -3.52. The zero-order valence-electron chi connectivity index (χ0n) is 31.0. The summed E-state index contributed by atoms with van der Waals surface area (Å²) >= 11 is 10.3. The maximum atomic E-state index is 12.2. The number of benzene rings is 1. The van der Waals surface area contributed by atoms with E-state index in [2.05, 4.69) is 135 Å². The van der Waals surface area contributed by atoms with Crippen LogP contribution in [0.5, 0.6) is 0 Å². The summed E-state index contributed by atoms with van der Waals surface area (Å²) in [6.07, 6.45) is 5.19. The molecule has 2 unspecified atom stereocenters. The number of allylic oxidation sites excluding steroid dienone is 2. The third-order valence-electron chi connectivity index (χ3n) is 6.92. The average molecular weight is 799 g/mol. The van der Waals surface area contributed by atoms with Gasteiger partial charge < -0.3 is 33.5 Å². The Bertz CT molecular complexity index is 2250. The average Bonchev–Trinajstić information content (AvgIpc) is 3.48. The Morgan fingerprint density at radius 2 is 1.45 bits per heavy atom. The molecule has 1 aromatic carbocycles. The third-order valence-corrected chi connectivity index (χ3v) is 8.84. The molecule has 2 rings (SSSR count). The Labute approximate surface area is 342 Å². The van der Waals surface area contributed by atoms with E-state index in [-0.39, 0.29) is 25.1 Å². The number of thiocarbonyl (C=S) groups is 1. The number of unbranched alkanes of at least 4 members (excludes halogenated alkanes) is 2. The Morgan fingerprint density at radius 3 is 2.02 bits per heavy atom. The summed E-state index contributed by atoms with van der Waals surface area (Å²) in [6.45, 7) is -1.22. The molecule has 1 fully saturated rings. The van der Waals surface area contributed by atoms with Gasteiger partial charge in [0.05, 0.1) is 0 Å². The van der Waals surface area contributed by atoms with Crippen molar-refractivity contribution in [3.8, 4) is 119 Å². The van der Waals surface area contributed by atoms with Gasteiger partial charge in [0.1, 0.15) is 33.3 Å². The fraction of sp³-hybridized carbons (Fsp3) is 0.302. The van der Waals surface area contributed by atoms with Crippen LogP contribution in [0.25, 0.3) is 0 Å². The molecule has 56 heavy (non-hydrogen) atoms. The van der Waals surface area contributed by atoms with Crippen molar-refractivity contribution in [2.24, 2.45) is 5.92 Å². The van der Waals surface area contributed by atoms with Crippen molar-refractivity contribution in [1.29, 1.82) is 0 Å². The Kier molecular flexibility index (Phi) is 24.3. The van der Waals surface area contributed by atoms with Gasteiger partial charge in [-0.25, -0.2) is 4.79 Å². The minimum Gasteiger partial charge on any atom is -0.431 e. The predicted molar refractivity (Wildman–Crippen MR) is 226 cm³/mol. The monoisotopic (exact) mass is 798 g/mol. The quantitative estimate of drug-likeness (QED) is 0.0378. The zero-order valence-corrected chi connectivity index (χ0v) is 33.5. The molecular formula is C43H36BN2O7PS2. The van der Waals surface area contributed by atoms with Gasteiger partial charge in [-0.3, -0.25) is 5.32 Å². The number of carbonyl (C=O) groups is 1. The van der Waals surface area contributed by atoms with Crippen LogP contribution in [0.4, 0.5) is 4.79 Å². The van der Waals surface area contributed by atoms with E-state index in [1.54, 1.807) is 6.92 Å². The third kappa shape index (κ3) is 22.3. The summed E-state index contributed by atoms with van der Waals surface area (Å²) in [4.78, 5) is 22.6. The van der Waals surface area contributed by atoms with E-state index in [1.165, 1.54) is 7.11 Å². The second-order valence-corrected chi connectivity index (χ2v) is 14.1. The summed E-state index contributed by atoms with van der Waals surface area (Å²) < 4.78 is 27.4. The first-order valence-corrected chi connectivity index (χ1v) is 19.9. The van der Waals surface area contributed by atoms with Crippen molar-refractivity contribution in [1.82, 2.24) is 10.6 Å². The first-order valence-electron chi connectivity index (χ1n) is 16.9. The van der Waals surface area contributed by atoms with Crippen LogP contribution in [0, 0.1) is 124 Å². The topological polar surface area (TPSA) is 108 Å². The molecule has 1 saturated heterocycles. The first kappa shape index (κ1) is 46.2. The van der Waals surface area contributed by atoms with Crippen LogP contribution in [-0.2, 0) is 41.7 Å². The Balaban J connectivity index is 1.67. The van der Waals surface area contributed by atoms with Gasteiger partial charge in [-0.2, -0.15) is 0 Å². The summed E-state index contributed by atoms with van der Waals surface area (Å²) in [6, 6.07) is 11.7. The van der Waals surface area contributed by atoms with E-state index in [1.807, 2.05) is 44.3 Å². The summed E-state index contributed by atoms with van der Waals surface area (Å²) in [5, 5.41) is 6.25. The molecule has 1 aliphatic heterocycles. The van der Waals surface area contributed by atoms with Crippen LogP contribution in [0.1, 0.15) is 38.2 Å². The standard InChI is InChI=1S/C43H36BN2O7PS2/c1-3-4-5-6-7-8-9-10-11-12-13-14-15-16-17-18-19-22-28-33-45-42(55)46-34-29-23-20-21-27-32-38-40(53-54(48,56)49-2)39(52-41(38)44)36-51-43(47)50-35-37-30-25-24-26-31-37/h21,24-27,30-31,38-41H,20,23,29,32,34-36,44H2,1-2H3,(H,48,56)(H2,45,46,55)/b27-21+/t38?,39-,40-,41-,54?/m1/s1. The molecule has 0 radical (unpaired) electrons. The van der Waals surface area contributed by atoms with Gasteiger partial charge in [-0.05, 0) is 110 Å². The molecule has 0 aliphatic carbocycles. The summed E-state index contributed by atoms with van der Waals surface area (Å²) in [5.74, 6) is 48.2. The van der Waals surface area contributed by atoms with E-state index in [0.717, 1.165) is 24.8 Å². The molecule has 13 heteroatoms. The van der Waals surface area contributed by atoms with Gasteiger partial charge in [0, 0.05) is 90.8 Å². The highest BCUT2D eigenvalue weighted by Gasteiger charge is 2.45.